The molecule has 1 N–H and O–H groups in total. The van der Waals surface area contributed by atoms with Crippen LogP contribution in [0.25, 0.3) is 0 Å². The Hall–Kier alpha value is -4.18. The predicted octanol–water partition coefficient (Wildman–Crippen LogP) is 7.11. The fourth-order valence-electron chi connectivity index (χ4n) is 4.19. The number of hydrogen-bond donors (Lipinski definition) is 1. The van der Waals surface area contributed by atoms with Crippen molar-refractivity contribution < 1.29 is 0 Å². The second kappa shape index (κ2) is 9.75. The van der Waals surface area contributed by atoms with Gasteiger partial charge in [0.05, 0.1) is 29.3 Å². The largest absolute Gasteiger partial charge is 0.278 e. The molecule has 34 heavy (non-hydrogen) atoms. The van der Waals surface area contributed by atoms with Crippen LogP contribution < -0.4 is 10.4 Å². The molecule has 0 saturated heterocycles. The molecule has 1 unspecified atom stereocenters. The first kappa shape index (κ1) is 21.7. The molecule has 168 valence electrons. The molecule has 0 bridgehead atoms. The third kappa shape index (κ3) is 4.76. The van der Waals surface area contributed by atoms with Crippen LogP contribution in [-0.2, 0) is 0 Å². The number of hydrogen-bond acceptors (Lipinski definition) is 4. The van der Waals surface area contributed by atoms with Crippen molar-refractivity contribution in [2.75, 3.05) is 10.4 Å². The molecule has 4 heteroatoms. The van der Waals surface area contributed by atoms with Crippen molar-refractivity contribution in [3.63, 3.8) is 0 Å². The van der Waals surface area contributed by atoms with Gasteiger partial charge in [-0.25, -0.2) is 0 Å². The van der Waals surface area contributed by atoms with E-state index >= 15 is 0 Å². The molecule has 4 aromatic rings. The van der Waals surface area contributed by atoms with Crippen LogP contribution in [0.3, 0.4) is 0 Å². The molecule has 1 aliphatic rings. The molecule has 0 aliphatic carbocycles. The lowest BCUT2D eigenvalue weighted by Gasteiger charge is -2.24. The van der Waals surface area contributed by atoms with Crippen LogP contribution in [0.2, 0.25) is 0 Å². The number of benzene rings is 4. The number of rotatable bonds is 6. The van der Waals surface area contributed by atoms with Gasteiger partial charge in [0.15, 0.2) is 0 Å². The minimum absolute atomic E-state index is 0.169. The summed E-state index contributed by atoms with van der Waals surface area (Å²) in [5.74, 6) is 0. The maximum Gasteiger partial charge on any atom is 0.0831 e. The van der Waals surface area contributed by atoms with Crippen molar-refractivity contribution in [2.24, 2.45) is 10.2 Å². The molecular formula is C30H28N4. The van der Waals surface area contributed by atoms with Crippen LogP contribution in [0.4, 0.5) is 11.4 Å². The molecule has 0 aromatic heterocycles. The van der Waals surface area contributed by atoms with E-state index < -0.39 is 0 Å². The molecular weight excluding hydrogens is 416 g/mol. The zero-order chi connectivity index (χ0) is 23.3. The standard InChI is InChI=1S/C30H28N4/c1-22-13-16-27(19-23(22)2)32-31-21-24-14-17-28(18-15-24)34-30(26-11-7-4-8-12-26)20-29(33-34)25-9-5-3-6-10-25/h3-19,21,30,32H,20H2,1-2H3/b31-21+. The minimum Gasteiger partial charge on any atom is -0.278 e. The number of hydrazone groups is 2. The van der Waals surface area contributed by atoms with Gasteiger partial charge in [-0.3, -0.25) is 10.4 Å². The number of aryl methyl sites for hydroxylation is 2. The summed E-state index contributed by atoms with van der Waals surface area (Å²) in [4.78, 5) is 0. The summed E-state index contributed by atoms with van der Waals surface area (Å²) in [6.07, 6.45) is 2.72. The van der Waals surface area contributed by atoms with Crippen molar-refractivity contribution in [3.8, 4) is 0 Å². The highest BCUT2D eigenvalue weighted by molar-refractivity contribution is 6.03. The second-order valence-electron chi connectivity index (χ2n) is 8.65. The normalized spacial score (nSPS) is 15.5. The molecule has 0 spiro atoms. The molecule has 1 atom stereocenters. The highest BCUT2D eigenvalue weighted by atomic mass is 15.5. The SMILES string of the molecule is Cc1ccc(N/N=C/c2ccc(N3N=C(c4ccccc4)CC3c3ccccc3)cc2)cc1C. The quantitative estimate of drug-likeness (QED) is 0.254. The molecule has 4 aromatic carbocycles. The Kier molecular flexibility index (Phi) is 6.21. The van der Waals surface area contributed by atoms with Gasteiger partial charge in [-0.15, -0.1) is 0 Å². The van der Waals surface area contributed by atoms with Gasteiger partial charge >= 0.3 is 0 Å². The summed E-state index contributed by atoms with van der Waals surface area (Å²) < 4.78 is 0. The summed E-state index contributed by atoms with van der Waals surface area (Å²) >= 11 is 0. The molecule has 0 fully saturated rings. The van der Waals surface area contributed by atoms with E-state index in [1.807, 2.05) is 18.3 Å². The van der Waals surface area contributed by atoms with E-state index in [4.69, 9.17) is 5.10 Å². The van der Waals surface area contributed by atoms with Gasteiger partial charge in [0, 0.05) is 6.42 Å². The van der Waals surface area contributed by atoms with Crippen molar-refractivity contribution >= 4 is 23.3 Å². The topological polar surface area (TPSA) is 40.0 Å². The molecule has 5 rings (SSSR count). The minimum atomic E-state index is 0.169. The fourth-order valence-corrected chi connectivity index (χ4v) is 4.19. The fraction of sp³-hybridized carbons (Fsp3) is 0.133. The van der Waals surface area contributed by atoms with Crippen LogP contribution >= 0.6 is 0 Å². The van der Waals surface area contributed by atoms with E-state index in [-0.39, 0.29) is 6.04 Å². The molecule has 0 radical (unpaired) electrons. The van der Waals surface area contributed by atoms with E-state index in [1.165, 1.54) is 22.3 Å². The Labute approximate surface area is 201 Å². The van der Waals surface area contributed by atoms with E-state index in [2.05, 4.69) is 120 Å². The van der Waals surface area contributed by atoms with Crippen molar-refractivity contribution in [2.45, 2.75) is 26.3 Å². The predicted molar refractivity (Wildman–Crippen MR) is 143 cm³/mol. The average Bonchev–Trinajstić information content (AvgIpc) is 3.33. The molecule has 4 nitrogen and oxygen atoms in total. The van der Waals surface area contributed by atoms with Crippen LogP contribution in [0, 0.1) is 13.8 Å². The van der Waals surface area contributed by atoms with Gasteiger partial charge in [0.25, 0.3) is 0 Å². The van der Waals surface area contributed by atoms with E-state index in [9.17, 15) is 0 Å². The number of nitrogens with one attached hydrogen (secondary N) is 1. The van der Waals surface area contributed by atoms with Crippen molar-refractivity contribution in [1.29, 1.82) is 0 Å². The molecule has 1 aliphatic heterocycles. The lowest BCUT2D eigenvalue weighted by Crippen LogP contribution is -2.18. The summed E-state index contributed by atoms with van der Waals surface area (Å²) in [6.45, 7) is 4.22. The van der Waals surface area contributed by atoms with Crippen LogP contribution in [0.15, 0.2) is 113 Å². The third-order valence-corrected chi connectivity index (χ3v) is 6.27. The summed E-state index contributed by atoms with van der Waals surface area (Å²) in [5.41, 5.74) is 12.3. The first-order valence-corrected chi connectivity index (χ1v) is 11.6. The Balaban J connectivity index is 1.36. The first-order valence-electron chi connectivity index (χ1n) is 11.6. The van der Waals surface area contributed by atoms with Crippen molar-refractivity contribution in [3.05, 3.63) is 131 Å². The van der Waals surface area contributed by atoms with Gasteiger partial charge in [-0.1, -0.05) is 78.9 Å². The average molecular weight is 445 g/mol. The lowest BCUT2D eigenvalue weighted by molar-refractivity contribution is 0.709. The monoisotopic (exact) mass is 444 g/mol. The number of anilines is 2. The van der Waals surface area contributed by atoms with Gasteiger partial charge in [-0.05, 0) is 65.9 Å². The summed E-state index contributed by atoms with van der Waals surface area (Å²) in [7, 11) is 0. The van der Waals surface area contributed by atoms with Crippen LogP contribution in [-0.4, -0.2) is 11.9 Å². The lowest BCUT2D eigenvalue weighted by atomic mass is 9.98. The third-order valence-electron chi connectivity index (χ3n) is 6.27. The zero-order valence-electron chi connectivity index (χ0n) is 19.5. The maximum atomic E-state index is 5.04. The van der Waals surface area contributed by atoms with Gasteiger partial charge in [-0.2, -0.15) is 10.2 Å². The Morgan fingerprint density at radius 1 is 0.824 bits per heavy atom. The van der Waals surface area contributed by atoms with Crippen LogP contribution in [0.1, 0.15) is 40.3 Å². The smallest absolute Gasteiger partial charge is 0.0831 e. The van der Waals surface area contributed by atoms with Gasteiger partial charge < -0.3 is 0 Å². The number of nitrogens with zero attached hydrogens (tertiary/aromatic N) is 3. The molecule has 0 amide bonds. The summed E-state index contributed by atoms with van der Waals surface area (Å²) in [5, 5.41) is 11.6. The van der Waals surface area contributed by atoms with Gasteiger partial charge in [0.1, 0.15) is 0 Å². The summed E-state index contributed by atoms with van der Waals surface area (Å²) in [6, 6.07) is 35.9. The molecule has 0 saturated carbocycles. The first-order chi connectivity index (χ1) is 16.7. The highest BCUT2D eigenvalue weighted by Gasteiger charge is 2.29. The van der Waals surface area contributed by atoms with E-state index in [1.54, 1.807) is 0 Å². The van der Waals surface area contributed by atoms with E-state index in [0.717, 1.165) is 29.1 Å². The highest BCUT2D eigenvalue weighted by Crippen LogP contribution is 2.36. The van der Waals surface area contributed by atoms with E-state index in [0.29, 0.717) is 0 Å². The Bertz CT molecular complexity index is 1310. The Morgan fingerprint density at radius 3 is 2.24 bits per heavy atom. The molecule has 1 heterocycles. The second-order valence-corrected chi connectivity index (χ2v) is 8.65. The van der Waals surface area contributed by atoms with Crippen molar-refractivity contribution in [1.82, 2.24) is 0 Å². The van der Waals surface area contributed by atoms with Crippen LogP contribution in [0.5, 0.6) is 0 Å². The zero-order valence-corrected chi connectivity index (χ0v) is 19.5. The Morgan fingerprint density at radius 2 is 1.53 bits per heavy atom. The van der Waals surface area contributed by atoms with Gasteiger partial charge in [0.2, 0.25) is 0 Å². The maximum absolute atomic E-state index is 5.04.